The van der Waals surface area contributed by atoms with E-state index in [1.54, 1.807) is 0 Å². The number of rotatable bonds is 7. The van der Waals surface area contributed by atoms with E-state index in [0.29, 0.717) is 38.6 Å². The smallest absolute Gasteiger partial charge is 0.309 e. The third kappa shape index (κ3) is 5.07. The predicted octanol–water partition coefficient (Wildman–Crippen LogP) is 2.39. The summed E-state index contributed by atoms with van der Waals surface area (Å²) in [5.41, 5.74) is 0. The highest BCUT2D eigenvalue weighted by Crippen LogP contribution is 2.33. The molecule has 0 spiro atoms. The fourth-order valence-corrected chi connectivity index (χ4v) is 4.83. The number of anilines is 1. The molecule has 2 aliphatic rings. The van der Waals surface area contributed by atoms with Crippen LogP contribution in [0.4, 0.5) is 5.13 Å². The van der Waals surface area contributed by atoms with E-state index < -0.39 is 0 Å². The van der Waals surface area contributed by atoms with Crippen LogP contribution in [0.1, 0.15) is 39.5 Å². The number of nitrogens with zero attached hydrogens (tertiary/aromatic N) is 3. The Kier molecular flexibility index (Phi) is 6.16. The molecule has 0 radical (unpaired) electrons. The Morgan fingerprint density at radius 3 is 2.68 bits per heavy atom. The lowest BCUT2D eigenvalue weighted by Crippen LogP contribution is -2.43. The highest BCUT2D eigenvalue weighted by atomic mass is 32.2. The van der Waals surface area contributed by atoms with E-state index in [-0.39, 0.29) is 23.0 Å². The summed E-state index contributed by atoms with van der Waals surface area (Å²) in [7, 11) is 0. The molecule has 1 atom stereocenters. The molecule has 9 heteroatoms. The van der Waals surface area contributed by atoms with Crippen LogP contribution in [-0.4, -0.2) is 58.0 Å². The first-order valence-electron chi connectivity index (χ1n) is 8.79. The molecule has 1 saturated carbocycles. The molecular formula is C16H24N4O3S2. The zero-order valence-corrected chi connectivity index (χ0v) is 16.2. The summed E-state index contributed by atoms with van der Waals surface area (Å²) < 4.78 is 5.88. The lowest BCUT2D eigenvalue weighted by Gasteiger charge is -2.32. The van der Waals surface area contributed by atoms with Gasteiger partial charge in [-0.1, -0.05) is 23.1 Å². The molecular weight excluding hydrogens is 360 g/mol. The number of hydrogen-bond donors (Lipinski definition) is 1. The molecule has 1 aliphatic heterocycles. The van der Waals surface area contributed by atoms with Gasteiger partial charge in [0.15, 0.2) is 4.34 Å². The van der Waals surface area contributed by atoms with Crippen LogP contribution in [0.5, 0.6) is 0 Å². The minimum absolute atomic E-state index is 0.0776. The number of thioether (sulfide) groups is 1. The molecule has 0 bridgehead atoms. The van der Waals surface area contributed by atoms with Crippen molar-refractivity contribution in [2.75, 3.05) is 25.0 Å². The normalized spacial score (nSPS) is 19.5. The van der Waals surface area contributed by atoms with Gasteiger partial charge in [0, 0.05) is 19.1 Å². The quantitative estimate of drug-likeness (QED) is 0.571. The molecule has 1 amide bonds. The van der Waals surface area contributed by atoms with E-state index >= 15 is 0 Å². The van der Waals surface area contributed by atoms with E-state index in [4.69, 9.17) is 4.74 Å². The summed E-state index contributed by atoms with van der Waals surface area (Å²) in [6, 6.07) is 0.547. The number of carbonyl (C=O) groups is 2. The molecule has 1 aromatic rings. The average Bonchev–Trinajstić information content (AvgIpc) is 3.32. The number of likely N-dealkylation sites (tertiary alicyclic amines) is 1. The van der Waals surface area contributed by atoms with Crippen LogP contribution in [0.25, 0.3) is 0 Å². The second-order valence-electron chi connectivity index (χ2n) is 6.40. The third-order valence-corrected chi connectivity index (χ3v) is 6.39. The summed E-state index contributed by atoms with van der Waals surface area (Å²) in [6.07, 6.45) is 3.74. The number of ether oxygens (including phenoxy) is 1. The van der Waals surface area contributed by atoms with Crippen LogP contribution in [0, 0.1) is 5.92 Å². The molecule has 1 N–H and O–H groups in total. The number of hydrogen-bond acceptors (Lipinski definition) is 8. The summed E-state index contributed by atoms with van der Waals surface area (Å²) in [4.78, 5) is 26.3. The van der Waals surface area contributed by atoms with E-state index in [9.17, 15) is 9.59 Å². The van der Waals surface area contributed by atoms with Gasteiger partial charge in [-0.3, -0.25) is 9.59 Å². The average molecular weight is 385 g/mol. The maximum atomic E-state index is 12.6. The second kappa shape index (κ2) is 8.35. The van der Waals surface area contributed by atoms with E-state index in [1.807, 2.05) is 18.7 Å². The first-order valence-corrected chi connectivity index (χ1v) is 10.5. The Labute approximate surface area is 155 Å². The van der Waals surface area contributed by atoms with Gasteiger partial charge in [-0.05, 0) is 39.5 Å². The van der Waals surface area contributed by atoms with Gasteiger partial charge < -0.3 is 15.0 Å². The number of aromatic nitrogens is 2. The maximum absolute atomic E-state index is 12.6. The highest BCUT2D eigenvalue weighted by molar-refractivity contribution is 8.02. The van der Waals surface area contributed by atoms with Crippen molar-refractivity contribution >= 4 is 40.1 Å². The van der Waals surface area contributed by atoms with Crippen LogP contribution < -0.4 is 5.32 Å². The van der Waals surface area contributed by atoms with Crippen LogP contribution in [0.15, 0.2) is 4.34 Å². The molecule has 7 nitrogen and oxygen atoms in total. The fourth-order valence-electron chi connectivity index (χ4n) is 2.77. The first-order chi connectivity index (χ1) is 12.1. The molecule has 2 fully saturated rings. The van der Waals surface area contributed by atoms with Crippen LogP contribution in [-0.2, 0) is 14.3 Å². The Balaban J connectivity index is 1.46. The first kappa shape index (κ1) is 18.4. The van der Waals surface area contributed by atoms with Gasteiger partial charge in [0.1, 0.15) is 0 Å². The number of carbonyl (C=O) groups excluding carboxylic acids is 2. The zero-order valence-electron chi connectivity index (χ0n) is 14.6. The monoisotopic (exact) mass is 384 g/mol. The van der Waals surface area contributed by atoms with Crippen molar-refractivity contribution < 1.29 is 14.3 Å². The topological polar surface area (TPSA) is 84.4 Å². The second-order valence-corrected chi connectivity index (χ2v) is 8.97. The SMILES string of the molecule is CCOC(=O)C1CCN(C(=O)C(C)Sc2nnc(NC3CC3)s2)CC1. The molecule has 3 rings (SSSR count). The van der Waals surface area contributed by atoms with Gasteiger partial charge >= 0.3 is 5.97 Å². The van der Waals surface area contributed by atoms with Gasteiger partial charge in [-0.2, -0.15) is 0 Å². The number of esters is 1. The van der Waals surface area contributed by atoms with Crippen molar-refractivity contribution in [1.82, 2.24) is 15.1 Å². The number of nitrogens with one attached hydrogen (secondary N) is 1. The summed E-state index contributed by atoms with van der Waals surface area (Å²) >= 11 is 2.95. The Hall–Kier alpha value is -1.35. The summed E-state index contributed by atoms with van der Waals surface area (Å²) in [5, 5.41) is 12.2. The molecule has 0 aromatic carbocycles. The number of piperidine rings is 1. The Morgan fingerprint density at radius 1 is 1.32 bits per heavy atom. The molecule has 1 unspecified atom stereocenters. The number of amides is 1. The van der Waals surface area contributed by atoms with Crippen molar-refractivity contribution in [3.05, 3.63) is 0 Å². The van der Waals surface area contributed by atoms with Crippen molar-refractivity contribution in [3.63, 3.8) is 0 Å². The highest BCUT2D eigenvalue weighted by Gasteiger charge is 2.31. The van der Waals surface area contributed by atoms with Gasteiger partial charge in [-0.15, -0.1) is 10.2 Å². The minimum atomic E-state index is -0.208. The van der Waals surface area contributed by atoms with E-state index in [2.05, 4.69) is 15.5 Å². The summed E-state index contributed by atoms with van der Waals surface area (Å²) in [5.74, 6) is -0.119. The van der Waals surface area contributed by atoms with Gasteiger partial charge in [0.2, 0.25) is 11.0 Å². The molecule has 1 aliphatic carbocycles. The fraction of sp³-hybridized carbons (Fsp3) is 0.750. The van der Waals surface area contributed by atoms with Crippen LogP contribution in [0.3, 0.4) is 0 Å². The lowest BCUT2D eigenvalue weighted by atomic mass is 9.97. The van der Waals surface area contributed by atoms with Crippen molar-refractivity contribution in [1.29, 1.82) is 0 Å². The summed E-state index contributed by atoms with van der Waals surface area (Å²) in [6.45, 7) is 5.34. The van der Waals surface area contributed by atoms with Gasteiger partial charge in [-0.25, -0.2) is 0 Å². The Bertz CT molecular complexity index is 612. The van der Waals surface area contributed by atoms with Gasteiger partial charge in [0.05, 0.1) is 17.8 Å². The zero-order chi connectivity index (χ0) is 17.8. The van der Waals surface area contributed by atoms with Crippen molar-refractivity contribution in [3.8, 4) is 0 Å². The molecule has 1 aromatic heterocycles. The third-order valence-electron chi connectivity index (χ3n) is 4.36. The molecule has 1 saturated heterocycles. The Morgan fingerprint density at radius 2 is 2.04 bits per heavy atom. The molecule has 138 valence electrons. The van der Waals surface area contributed by atoms with Crippen LogP contribution in [0.2, 0.25) is 0 Å². The predicted molar refractivity (Wildman–Crippen MR) is 97.8 cm³/mol. The van der Waals surface area contributed by atoms with Crippen molar-refractivity contribution in [2.24, 2.45) is 5.92 Å². The van der Waals surface area contributed by atoms with Crippen molar-refractivity contribution in [2.45, 2.75) is 55.2 Å². The van der Waals surface area contributed by atoms with Gasteiger partial charge in [0.25, 0.3) is 0 Å². The molecule has 2 heterocycles. The van der Waals surface area contributed by atoms with E-state index in [1.165, 1.54) is 35.9 Å². The van der Waals surface area contributed by atoms with Crippen LogP contribution >= 0.6 is 23.1 Å². The molecule has 25 heavy (non-hydrogen) atoms. The lowest BCUT2D eigenvalue weighted by molar-refractivity contribution is -0.151. The minimum Gasteiger partial charge on any atom is -0.466 e. The largest absolute Gasteiger partial charge is 0.466 e. The standard InChI is InChI=1S/C16H24N4O3S2/c1-3-23-14(22)11-6-8-20(9-7-11)13(21)10(2)24-16-19-18-15(25-16)17-12-4-5-12/h10-12H,3-9H2,1-2H3,(H,17,18). The van der Waals surface area contributed by atoms with E-state index in [0.717, 1.165) is 9.47 Å². The maximum Gasteiger partial charge on any atom is 0.309 e.